The topological polar surface area (TPSA) is 35.3 Å². The molecule has 0 spiro atoms. The summed E-state index contributed by atoms with van der Waals surface area (Å²) in [5.41, 5.74) is 7.76. The molecule has 0 saturated carbocycles. The maximum absolute atomic E-state index is 5.98. The fourth-order valence-electron chi connectivity index (χ4n) is 4.10. The van der Waals surface area contributed by atoms with Crippen molar-refractivity contribution in [3.63, 3.8) is 0 Å². The van der Waals surface area contributed by atoms with Crippen LogP contribution in [-0.4, -0.2) is 12.1 Å². The first-order valence-electron chi connectivity index (χ1n) is 9.55. The number of hydrogen-bond donors (Lipinski definition) is 0. The van der Waals surface area contributed by atoms with Crippen molar-refractivity contribution in [1.82, 2.24) is 4.98 Å². The summed E-state index contributed by atoms with van der Waals surface area (Å²) in [6, 6.07) is 22.7. The van der Waals surface area contributed by atoms with E-state index < -0.39 is 0 Å². The molecule has 1 aromatic heterocycles. The number of oxazole rings is 1. The van der Waals surface area contributed by atoms with E-state index >= 15 is 0 Å². The van der Waals surface area contributed by atoms with Crippen LogP contribution in [-0.2, 0) is 6.42 Å². The molecule has 0 amide bonds. The van der Waals surface area contributed by atoms with Gasteiger partial charge in [0.2, 0.25) is 5.89 Å². The Labute approximate surface area is 164 Å². The molecule has 3 aromatic carbocycles. The number of benzene rings is 3. The summed E-state index contributed by atoms with van der Waals surface area (Å²) < 4.78 is 11.2. The summed E-state index contributed by atoms with van der Waals surface area (Å²) in [6.07, 6.45) is 2.15. The lowest BCUT2D eigenvalue weighted by molar-refractivity contribution is 0.415. The van der Waals surface area contributed by atoms with Gasteiger partial charge >= 0.3 is 0 Å². The minimum Gasteiger partial charge on any atom is -0.497 e. The highest BCUT2D eigenvalue weighted by Crippen LogP contribution is 2.41. The van der Waals surface area contributed by atoms with E-state index in [0.29, 0.717) is 11.8 Å². The Morgan fingerprint density at radius 1 is 1.04 bits per heavy atom. The highest BCUT2D eigenvalue weighted by Gasteiger charge is 2.24. The van der Waals surface area contributed by atoms with Crippen LogP contribution in [0.3, 0.4) is 0 Å². The minimum absolute atomic E-state index is 0.320. The van der Waals surface area contributed by atoms with Gasteiger partial charge in [0.05, 0.1) is 7.11 Å². The minimum atomic E-state index is 0.320. The lowest BCUT2D eigenvalue weighted by Gasteiger charge is -2.27. The maximum Gasteiger partial charge on any atom is 0.227 e. The van der Waals surface area contributed by atoms with Gasteiger partial charge in [0.25, 0.3) is 0 Å². The van der Waals surface area contributed by atoms with Crippen molar-refractivity contribution in [1.29, 1.82) is 0 Å². The molecule has 3 heteroatoms. The molecule has 0 radical (unpaired) electrons. The molecule has 1 atom stereocenters. The standard InChI is InChI=1S/C25H21NO2/c1-16-21-6-4-3-5-17(21)9-13-22(16)19-10-14-24-23(15-19)26-25(28-24)18-7-11-20(27-2)12-8-18/h3-8,10-12,14-15,22H,1,9,13H2,2H3. The van der Waals surface area contributed by atoms with E-state index in [1.807, 2.05) is 30.3 Å². The molecular weight excluding hydrogens is 346 g/mol. The molecule has 0 fully saturated rings. The fourth-order valence-corrected chi connectivity index (χ4v) is 4.10. The summed E-state index contributed by atoms with van der Waals surface area (Å²) >= 11 is 0. The van der Waals surface area contributed by atoms with E-state index in [9.17, 15) is 0 Å². The Hall–Kier alpha value is -3.33. The Bertz CT molecular complexity index is 1170. The van der Waals surface area contributed by atoms with E-state index in [2.05, 4.69) is 43.0 Å². The predicted molar refractivity (Wildman–Crippen MR) is 113 cm³/mol. The zero-order valence-electron chi connectivity index (χ0n) is 15.8. The molecule has 0 aliphatic heterocycles. The molecule has 1 aliphatic carbocycles. The lowest BCUT2D eigenvalue weighted by atomic mass is 9.77. The van der Waals surface area contributed by atoms with Crippen LogP contribution < -0.4 is 4.74 Å². The van der Waals surface area contributed by atoms with Gasteiger partial charge in [0.15, 0.2) is 5.58 Å². The Balaban J connectivity index is 1.49. The molecule has 28 heavy (non-hydrogen) atoms. The van der Waals surface area contributed by atoms with Crippen LogP contribution in [0.4, 0.5) is 0 Å². The fraction of sp³-hybridized carbons (Fsp3) is 0.160. The number of fused-ring (bicyclic) bond motifs is 2. The van der Waals surface area contributed by atoms with Crippen molar-refractivity contribution in [2.75, 3.05) is 7.11 Å². The zero-order valence-corrected chi connectivity index (χ0v) is 15.8. The molecule has 5 rings (SSSR count). The second-order valence-electron chi connectivity index (χ2n) is 7.25. The SMILES string of the molecule is C=C1c2ccccc2CCC1c1ccc2oc(-c3ccc(OC)cc3)nc2c1. The van der Waals surface area contributed by atoms with Gasteiger partial charge in [-0.15, -0.1) is 0 Å². The van der Waals surface area contributed by atoms with Gasteiger partial charge in [0, 0.05) is 11.5 Å². The van der Waals surface area contributed by atoms with Crippen LogP contribution in [0.15, 0.2) is 77.7 Å². The van der Waals surface area contributed by atoms with Gasteiger partial charge in [-0.3, -0.25) is 0 Å². The predicted octanol–water partition coefficient (Wildman–Crippen LogP) is 6.25. The molecular formula is C25H21NO2. The van der Waals surface area contributed by atoms with Crippen molar-refractivity contribution in [2.45, 2.75) is 18.8 Å². The second kappa shape index (κ2) is 6.68. The monoisotopic (exact) mass is 367 g/mol. The van der Waals surface area contributed by atoms with Crippen molar-refractivity contribution < 1.29 is 9.15 Å². The highest BCUT2D eigenvalue weighted by molar-refractivity contribution is 5.80. The number of allylic oxidation sites excluding steroid dienone is 1. The van der Waals surface area contributed by atoms with Gasteiger partial charge in [-0.1, -0.05) is 36.9 Å². The van der Waals surface area contributed by atoms with Crippen molar-refractivity contribution in [3.05, 3.63) is 90.0 Å². The first-order chi connectivity index (χ1) is 13.7. The smallest absolute Gasteiger partial charge is 0.227 e. The maximum atomic E-state index is 5.98. The van der Waals surface area contributed by atoms with E-state index in [0.717, 1.165) is 35.3 Å². The van der Waals surface area contributed by atoms with Crippen LogP contribution in [0, 0.1) is 0 Å². The van der Waals surface area contributed by atoms with Gasteiger partial charge in [0.1, 0.15) is 11.3 Å². The number of aromatic nitrogens is 1. The van der Waals surface area contributed by atoms with Crippen molar-refractivity contribution >= 4 is 16.7 Å². The van der Waals surface area contributed by atoms with E-state index in [1.54, 1.807) is 7.11 Å². The van der Waals surface area contributed by atoms with Crippen LogP contribution in [0.1, 0.15) is 29.0 Å². The van der Waals surface area contributed by atoms with Gasteiger partial charge in [-0.25, -0.2) is 4.98 Å². The average molecular weight is 367 g/mol. The third kappa shape index (κ3) is 2.80. The third-order valence-corrected chi connectivity index (χ3v) is 5.64. The zero-order chi connectivity index (χ0) is 19.1. The van der Waals surface area contributed by atoms with Crippen molar-refractivity contribution in [3.8, 4) is 17.2 Å². The number of nitrogens with zero attached hydrogens (tertiary/aromatic N) is 1. The van der Waals surface area contributed by atoms with Crippen LogP contribution in [0.2, 0.25) is 0 Å². The second-order valence-corrected chi connectivity index (χ2v) is 7.25. The number of aryl methyl sites for hydroxylation is 1. The molecule has 138 valence electrons. The largest absolute Gasteiger partial charge is 0.497 e. The number of ether oxygens (including phenoxy) is 1. The summed E-state index contributed by atoms with van der Waals surface area (Å²) in [4.78, 5) is 4.73. The number of methoxy groups -OCH3 is 1. The molecule has 0 N–H and O–H groups in total. The first kappa shape index (κ1) is 16.8. The molecule has 1 aliphatic rings. The Kier molecular flexibility index (Phi) is 4.01. The Morgan fingerprint density at radius 2 is 1.86 bits per heavy atom. The summed E-state index contributed by atoms with van der Waals surface area (Å²) in [7, 11) is 1.66. The van der Waals surface area contributed by atoms with Crippen LogP contribution >= 0.6 is 0 Å². The van der Waals surface area contributed by atoms with Crippen molar-refractivity contribution in [2.24, 2.45) is 0 Å². The lowest BCUT2D eigenvalue weighted by Crippen LogP contribution is -2.11. The molecule has 0 saturated heterocycles. The summed E-state index contributed by atoms with van der Waals surface area (Å²) in [6.45, 7) is 4.41. The molecule has 0 bridgehead atoms. The first-order valence-corrected chi connectivity index (χ1v) is 9.55. The average Bonchev–Trinajstić information content (AvgIpc) is 3.18. The molecule has 1 heterocycles. The summed E-state index contributed by atoms with van der Waals surface area (Å²) in [5, 5.41) is 0. The van der Waals surface area contributed by atoms with Gasteiger partial charge in [-0.2, -0.15) is 0 Å². The normalized spacial score (nSPS) is 16.2. The third-order valence-electron chi connectivity index (χ3n) is 5.64. The van der Waals surface area contributed by atoms with E-state index in [-0.39, 0.29) is 0 Å². The van der Waals surface area contributed by atoms with Gasteiger partial charge in [-0.05, 0) is 71.5 Å². The quantitative estimate of drug-likeness (QED) is 0.429. The number of hydrogen-bond acceptors (Lipinski definition) is 3. The summed E-state index contributed by atoms with van der Waals surface area (Å²) in [5.74, 6) is 1.77. The van der Waals surface area contributed by atoms with E-state index in [1.165, 1.54) is 22.3 Å². The molecule has 3 nitrogen and oxygen atoms in total. The van der Waals surface area contributed by atoms with Crippen LogP contribution in [0.5, 0.6) is 5.75 Å². The highest BCUT2D eigenvalue weighted by atomic mass is 16.5. The van der Waals surface area contributed by atoms with E-state index in [4.69, 9.17) is 14.1 Å². The molecule has 4 aromatic rings. The molecule has 1 unspecified atom stereocenters. The van der Waals surface area contributed by atoms with Gasteiger partial charge < -0.3 is 9.15 Å². The van der Waals surface area contributed by atoms with Crippen LogP contribution in [0.25, 0.3) is 28.1 Å². The number of rotatable bonds is 3. The Morgan fingerprint density at radius 3 is 2.68 bits per heavy atom.